The third-order valence-corrected chi connectivity index (χ3v) is 3.74. The summed E-state index contributed by atoms with van der Waals surface area (Å²) in [5.74, 6) is 0. The van der Waals surface area contributed by atoms with Crippen LogP contribution in [0.2, 0.25) is 0 Å². The second kappa shape index (κ2) is 5.09. The quantitative estimate of drug-likeness (QED) is 0.618. The lowest BCUT2D eigenvalue weighted by atomic mass is 10.2. The van der Waals surface area contributed by atoms with Gasteiger partial charge in [0, 0.05) is 10.2 Å². The van der Waals surface area contributed by atoms with Gasteiger partial charge in [0.25, 0.3) is 0 Å². The van der Waals surface area contributed by atoms with Gasteiger partial charge in [-0.05, 0) is 26.0 Å². The van der Waals surface area contributed by atoms with Crippen LogP contribution in [0.25, 0.3) is 10.2 Å². The van der Waals surface area contributed by atoms with E-state index in [9.17, 15) is 13.2 Å². The normalized spacial score (nSPS) is 11.7. The van der Waals surface area contributed by atoms with E-state index in [1.165, 1.54) is 17.4 Å². The predicted molar refractivity (Wildman–Crippen MR) is 74.7 cm³/mol. The van der Waals surface area contributed by atoms with Crippen molar-refractivity contribution >= 4 is 48.3 Å². The van der Waals surface area contributed by atoms with Gasteiger partial charge < -0.3 is 0 Å². The van der Waals surface area contributed by atoms with Gasteiger partial charge in [-0.1, -0.05) is 27.3 Å². The Hall–Kier alpha value is -1.15. The van der Waals surface area contributed by atoms with Gasteiger partial charge in [0.1, 0.15) is 0 Å². The fraction of sp³-hybridized carbons (Fsp3) is 0.273. The molecule has 0 unspecified atom stereocenters. The molecule has 0 fully saturated rings. The number of fused-ring (bicyclic) bond motifs is 1. The molecule has 0 saturated carbocycles. The predicted octanol–water partition coefficient (Wildman–Crippen LogP) is 4.89. The van der Waals surface area contributed by atoms with Crippen molar-refractivity contribution < 1.29 is 13.2 Å². The van der Waals surface area contributed by atoms with E-state index in [0.29, 0.717) is 15.3 Å². The first-order valence-corrected chi connectivity index (χ1v) is 6.82. The SMILES string of the molecule is CC(C)=NNc1nc2cc(C(F)(F)F)c(Br)cc2s1. The molecule has 1 heterocycles. The Morgan fingerprint density at radius 3 is 2.63 bits per heavy atom. The lowest BCUT2D eigenvalue weighted by Crippen LogP contribution is -2.05. The van der Waals surface area contributed by atoms with Crippen LogP contribution in [-0.4, -0.2) is 10.7 Å². The van der Waals surface area contributed by atoms with E-state index >= 15 is 0 Å². The highest BCUT2D eigenvalue weighted by Crippen LogP contribution is 2.39. The number of anilines is 1. The molecule has 1 aromatic heterocycles. The van der Waals surface area contributed by atoms with Gasteiger partial charge >= 0.3 is 6.18 Å². The van der Waals surface area contributed by atoms with Crippen molar-refractivity contribution in [2.24, 2.45) is 5.10 Å². The van der Waals surface area contributed by atoms with E-state index in [1.807, 2.05) is 0 Å². The summed E-state index contributed by atoms with van der Waals surface area (Å²) >= 11 is 4.18. The highest BCUT2D eigenvalue weighted by atomic mass is 79.9. The Morgan fingerprint density at radius 1 is 1.37 bits per heavy atom. The van der Waals surface area contributed by atoms with Crippen molar-refractivity contribution in [3.05, 3.63) is 22.2 Å². The van der Waals surface area contributed by atoms with Gasteiger partial charge in [-0.2, -0.15) is 18.3 Å². The molecule has 0 amide bonds. The first-order valence-electron chi connectivity index (χ1n) is 5.21. The average Bonchev–Trinajstić information content (AvgIpc) is 2.65. The third kappa shape index (κ3) is 3.24. The maximum absolute atomic E-state index is 12.7. The highest BCUT2D eigenvalue weighted by molar-refractivity contribution is 9.10. The Labute approximate surface area is 119 Å². The molecule has 0 aliphatic heterocycles. The standard InChI is InChI=1S/C11H9BrF3N3S/c1-5(2)17-18-10-16-8-3-6(11(13,14)15)7(12)4-9(8)19-10/h3-4H,1-2H3,(H,16,18). The van der Waals surface area contributed by atoms with Gasteiger partial charge in [0.15, 0.2) is 0 Å². The zero-order valence-corrected chi connectivity index (χ0v) is 12.4. The smallest absolute Gasteiger partial charge is 0.253 e. The Bertz CT molecular complexity index is 644. The van der Waals surface area contributed by atoms with Gasteiger partial charge in [0.2, 0.25) is 5.13 Å². The molecule has 0 saturated heterocycles. The van der Waals surface area contributed by atoms with Crippen molar-refractivity contribution in [3.63, 3.8) is 0 Å². The van der Waals surface area contributed by atoms with E-state index < -0.39 is 11.7 Å². The van der Waals surface area contributed by atoms with Crippen molar-refractivity contribution in [2.45, 2.75) is 20.0 Å². The molecule has 2 rings (SSSR count). The van der Waals surface area contributed by atoms with Crippen LogP contribution in [-0.2, 0) is 6.18 Å². The number of hydrazone groups is 1. The molecule has 1 N–H and O–H groups in total. The molecule has 0 aliphatic carbocycles. The Morgan fingerprint density at radius 2 is 2.05 bits per heavy atom. The molecular formula is C11H9BrF3N3S. The van der Waals surface area contributed by atoms with E-state index in [4.69, 9.17) is 0 Å². The first kappa shape index (κ1) is 14.3. The lowest BCUT2D eigenvalue weighted by Gasteiger charge is -2.08. The summed E-state index contributed by atoms with van der Waals surface area (Å²) < 4.78 is 38.9. The number of benzene rings is 1. The molecule has 3 nitrogen and oxygen atoms in total. The number of nitrogens with one attached hydrogen (secondary N) is 1. The van der Waals surface area contributed by atoms with Crippen LogP contribution in [0.4, 0.5) is 18.3 Å². The van der Waals surface area contributed by atoms with E-state index in [2.05, 4.69) is 31.4 Å². The lowest BCUT2D eigenvalue weighted by molar-refractivity contribution is -0.138. The van der Waals surface area contributed by atoms with Crippen LogP contribution in [0.15, 0.2) is 21.7 Å². The van der Waals surface area contributed by atoms with Crippen LogP contribution >= 0.6 is 27.3 Å². The fourth-order valence-corrected chi connectivity index (χ4v) is 2.92. The summed E-state index contributed by atoms with van der Waals surface area (Å²) in [6.45, 7) is 3.61. The first-order chi connectivity index (χ1) is 8.77. The van der Waals surface area contributed by atoms with E-state index in [-0.39, 0.29) is 4.47 Å². The molecule has 0 bridgehead atoms. The zero-order chi connectivity index (χ0) is 14.2. The third-order valence-electron chi connectivity index (χ3n) is 2.16. The topological polar surface area (TPSA) is 37.3 Å². The highest BCUT2D eigenvalue weighted by Gasteiger charge is 2.33. The van der Waals surface area contributed by atoms with Crippen molar-refractivity contribution in [3.8, 4) is 0 Å². The molecule has 0 atom stereocenters. The molecule has 0 spiro atoms. The number of halogens is 4. The summed E-state index contributed by atoms with van der Waals surface area (Å²) in [7, 11) is 0. The van der Waals surface area contributed by atoms with E-state index in [0.717, 1.165) is 11.8 Å². The van der Waals surface area contributed by atoms with Gasteiger partial charge in [-0.3, -0.25) is 5.43 Å². The molecule has 102 valence electrons. The van der Waals surface area contributed by atoms with Crippen LogP contribution < -0.4 is 5.43 Å². The van der Waals surface area contributed by atoms with Gasteiger partial charge in [-0.25, -0.2) is 4.98 Å². The zero-order valence-electron chi connectivity index (χ0n) is 9.97. The number of hydrogen-bond acceptors (Lipinski definition) is 4. The van der Waals surface area contributed by atoms with Crippen molar-refractivity contribution in [1.82, 2.24) is 4.98 Å². The number of aromatic nitrogens is 1. The number of thiazole rings is 1. The summed E-state index contributed by atoms with van der Waals surface area (Å²) in [6, 6.07) is 2.45. The summed E-state index contributed by atoms with van der Waals surface area (Å²) in [6.07, 6.45) is -4.40. The maximum atomic E-state index is 12.7. The summed E-state index contributed by atoms with van der Waals surface area (Å²) in [4.78, 5) is 4.08. The second-order valence-corrected chi connectivity index (χ2v) is 5.87. The second-order valence-electron chi connectivity index (χ2n) is 3.99. The van der Waals surface area contributed by atoms with Crippen LogP contribution in [0.5, 0.6) is 0 Å². The molecule has 0 radical (unpaired) electrons. The molecule has 2 aromatic rings. The molecular weight excluding hydrogens is 343 g/mol. The molecule has 1 aromatic carbocycles. The number of nitrogens with zero attached hydrogens (tertiary/aromatic N) is 2. The minimum atomic E-state index is -4.40. The van der Waals surface area contributed by atoms with Gasteiger partial charge in [0.05, 0.1) is 15.8 Å². The molecule has 19 heavy (non-hydrogen) atoms. The van der Waals surface area contributed by atoms with Crippen molar-refractivity contribution in [2.75, 3.05) is 5.43 Å². The number of hydrogen-bond donors (Lipinski definition) is 1. The fourth-order valence-electron chi connectivity index (χ4n) is 1.37. The van der Waals surface area contributed by atoms with Crippen LogP contribution in [0, 0.1) is 0 Å². The number of alkyl halides is 3. The summed E-state index contributed by atoms with van der Waals surface area (Å²) in [5.41, 5.74) is 3.08. The average molecular weight is 352 g/mol. The molecule has 0 aliphatic rings. The maximum Gasteiger partial charge on any atom is 0.417 e. The monoisotopic (exact) mass is 351 g/mol. The summed E-state index contributed by atoms with van der Waals surface area (Å²) in [5, 5.41) is 4.42. The van der Waals surface area contributed by atoms with Crippen molar-refractivity contribution in [1.29, 1.82) is 0 Å². The largest absolute Gasteiger partial charge is 0.417 e. The minimum absolute atomic E-state index is 0.0119. The van der Waals surface area contributed by atoms with Crippen LogP contribution in [0.1, 0.15) is 19.4 Å². The number of rotatable bonds is 2. The minimum Gasteiger partial charge on any atom is -0.253 e. The van der Waals surface area contributed by atoms with E-state index in [1.54, 1.807) is 13.8 Å². The Balaban J connectivity index is 2.46. The van der Waals surface area contributed by atoms with Crippen LogP contribution in [0.3, 0.4) is 0 Å². The Kier molecular flexibility index (Phi) is 3.82. The van der Waals surface area contributed by atoms with Gasteiger partial charge in [-0.15, -0.1) is 0 Å². The molecule has 8 heteroatoms.